The van der Waals surface area contributed by atoms with Gasteiger partial charge in [0.25, 0.3) is 0 Å². The first-order valence-electron chi connectivity index (χ1n) is 12.2. The van der Waals surface area contributed by atoms with E-state index in [4.69, 9.17) is 21.1 Å². The van der Waals surface area contributed by atoms with Crippen molar-refractivity contribution >= 4 is 17.3 Å². The Morgan fingerprint density at radius 1 is 0.882 bits per heavy atom. The van der Waals surface area contributed by atoms with Crippen molar-refractivity contribution in [2.45, 2.75) is 45.2 Å². The highest BCUT2D eigenvalue weighted by Crippen LogP contribution is 2.41. The summed E-state index contributed by atoms with van der Waals surface area (Å²) in [5.41, 5.74) is 5.22. The monoisotopic (exact) mass is 476 g/mol. The highest BCUT2D eigenvalue weighted by molar-refractivity contribution is 6.32. The normalized spacial score (nSPS) is 20.6. The van der Waals surface area contributed by atoms with E-state index in [1.54, 1.807) is 7.11 Å². The van der Waals surface area contributed by atoms with Crippen molar-refractivity contribution in [1.29, 1.82) is 0 Å². The van der Waals surface area contributed by atoms with E-state index in [0.717, 1.165) is 36.9 Å². The lowest BCUT2D eigenvalue weighted by Gasteiger charge is -2.49. The van der Waals surface area contributed by atoms with E-state index in [9.17, 15) is 0 Å². The maximum atomic E-state index is 6.26. The zero-order valence-corrected chi connectivity index (χ0v) is 21.0. The molecule has 3 aromatic carbocycles. The van der Waals surface area contributed by atoms with Crippen molar-refractivity contribution in [2.75, 3.05) is 31.6 Å². The fraction of sp³-hybridized carbons (Fsp3) is 0.379. The third kappa shape index (κ3) is 4.49. The summed E-state index contributed by atoms with van der Waals surface area (Å²) in [4.78, 5) is 5.23. The molecule has 0 N–H and O–H groups in total. The van der Waals surface area contributed by atoms with E-state index >= 15 is 0 Å². The Hall–Kier alpha value is -2.69. The van der Waals surface area contributed by atoms with Crippen LogP contribution in [0, 0.1) is 13.8 Å². The summed E-state index contributed by atoms with van der Waals surface area (Å²) in [5, 5.41) is 0.660. The summed E-state index contributed by atoms with van der Waals surface area (Å²) in [6, 6.07) is 21.6. The van der Waals surface area contributed by atoms with Gasteiger partial charge in [-0.3, -0.25) is 4.90 Å². The summed E-state index contributed by atoms with van der Waals surface area (Å²) < 4.78 is 11.6. The van der Waals surface area contributed by atoms with Crippen LogP contribution in [0.3, 0.4) is 0 Å². The summed E-state index contributed by atoms with van der Waals surface area (Å²) in [6.45, 7) is 7.53. The molecule has 2 fully saturated rings. The van der Waals surface area contributed by atoms with Crippen molar-refractivity contribution in [3.63, 3.8) is 0 Å². The molecule has 2 aliphatic heterocycles. The van der Waals surface area contributed by atoms with Crippen molar-refractivity contribution in [2.24, 2.45) is 0 Å². The number of hydrogen-bond donors (Lipinski definition) is 0. The molecule has 2 aliphatic rings. The number of ether oxygens (including phenoxy) is 2. The quantitative estimate of drug-likeness (QED) is 0.389. The number of benzene rings is 3. The maximum Gasteiger partial charge on any atom is 0.139 e. The molecule has 1 unspecified atom stereocenters. The third-order valence-corrected chi connectivity index (χ3v) is 7.86. The Morgan fingerprint density at radius 3 is 2.50 bits per heavy atom. The van der Waals surface area contributed by atoms with Crippen LogP contribution in [-0.4, -0.2) is 37.7 Å². The summed E-state index contributed by atoms with van der Waals surface area (Å²) in [6.07, 6.45) is 3.71. The molecule has 0 saturated carbocycles. The summed E-state index contributed by atoms with van der Waals surface area (Å²) in [5.74, 6) is 2.57. The Balaban J connectivity index is 1.34. The molecule has 34 heavy (non-hydrogen) atoms. The minimum Gasteiger partial charge on any atom is -0.495 e. The number of hydrogen-bond acceptors (Lipinski definition) is 4. The molecule has 2 atom stereocenters. The van der Waals surface area contributed by atoms with E-state index in [-0.39, 0.29) is 0 Å². The van der Waals surface area contributed by atoms with Gasteiger partial charge >= 0.3 is 0 Å². The molecule has 0 aromatic heterocycles. The number of fused-ring (bicyclic) bond motifs is 1. The number of para-hydroxylation sites is 1. The Morgan fingerprint density at radius 2 is 1.71 bits per heavy atom. The van der Waals surface area contributed by atoms with Crippen LogP contribution >= 0.6 is 11.6 Å². The molecule has 0 aliphatic carbocycles. The molecule has 4 nitrogen and oxygen atoms in total. The number of rotatable bonds is 5. The topological polar surface area (TPSA) is 24.9 Å². The zero-order chi connectivity index (χ0) is 23.7. The number of nitrogens with zero attached hydrogens (tertiary/aromatic N) is 2. The molecule has 2 saturated heterocycles. The molecule has 0 amide bonds. The van der Waals surface area contributed by atoms with Gasteiger partial charge in [0.15, 0.2) is 0 Å². The minimum absolute atomic E-state index is 0.463. The van der Waals surface area contributed by atoms with Crippen LogP contribution in [0.5, 0.6) is 17.2 Å². The number of anilines is 1. The molecule has 178 valence electrons. The van der Waals surface area contributed by atoms with Gasteiger partial charge in [0.2, 0.25) is 0 Å². The second-order valence-electron chi connectivity index (χ2n) is 9.42. The fourth-order valence-corrected chi connectivity index (χ4v) is 5.76. The lowest BCUT2D eigenvalue weighted by atomic mass is 9.86. The number of halogens is 1. The zero-order valence-electron chi connectivity index (χ0n) is 20.3. The lowest BCUT2D eigenvalue weighted by molar-refractivity contribution is 0.0712. The first kappa shape index (κ1) is 23.1. The van der Waals surface area contributed by atoms with Gasteiger partial charge in [0.05, 0.1) is 12.1 Å². The van der Waals surface area contributed by atoms with Gasteiger partial charge in [0, 0.05) is 43.5 Å². The first-order chi connectivity index (χ1) is 16.5. The summed E-state index contributed by atoms with van der Waals surface area (Å²) in [7, 11) is 1.68. The minimum atomic E-state index is 0.463. The highest BCUT2D eigenvalue weighted by Gasteiger charge is 2.36. The lowest BCUT2D eigenvalue weighted by Crippen LogP contribution is -2.56. The number of piperazine rings is 1. The standard InChI is InChI=1S/C29H33ClN2O2/c1-20-21(2)28(34-24-9-5-4-6-10-24)15-13-25(20)27-11-7-8-23-19-31(16-17-32(23)27)22-12-14-26(30)29(18-22)33-3/h4-6,9-10,12-15,18,23,27H,7-8,11,16-17,19H2,1-3H3/t23?,27-/m1/s1. The molecule has 0 bridgehead atoms. The van der Waals surface area contributed by atoms with Gasteiger partial charge in [-0.15, -0.1) is 0 Å². The number of methoxy groups -OCH3 is 1. The second kappa shape index (κ2) is 9.89. The molecule has 5 rings (SSSR count). The van der Waals surface area contributed by atoms with Gasteiger partial charge in [-0.1, -0.05) is 35.9 Å². The smallest absolute Gasteiger partial charge is 0.139 e. The van der Waals surface area contributed by atoms with Crippen LogP contribution in [0.1, 0.15) is 42.0 Å². The average molecular weight is 477 g/mol. The average Bonchev–Trinajstić information content (AvgIpc) is 2.87. The maximum absolute atomic E-state index is 6.26. The van der Waals surface area contributed by atoms with Crippen molar-refractivity contribution in [3.05, 3.63) is 82.4 Å². The van der Waals surface area contributed by atoms with Crippen LogP contribution in [0.2, 0.25) is 5.02 Å². The van der Waals surface area contributed by atoms with Crippen molar-refractivity contribution < 1.29 is 9.47 Å². The Bertz CT molecular complexity index is 1150. The van der Waals surface area contributed by atoms with Gasteiger partial charge in [-0.05, 0) is 80.1 Å². The second-order valence-corrected chi connectivity index (χ2v) is 9.83. The molecule has 2 heterocycles. The van der Waals surface area contributed by atoms with Crippen LogP contribution in [0.4, 0.5) is 5.69 Å². The van der Waals surface area contributed by atoms with Gasteiger partial charge < -0.3 is 14.4 Å². The van der Waals surface area contributed by atoms with Crippen molar-refractivity contribution in [1.82, 2.24) is 4.90 Å². The molecular formula is C29H33ClN2O2. The van der Waals surface area contributed by atoms with E-state index in [0.29, 0.717) is 17.1 Å². The van der Waals surface area contributed by atoms with Crippen LogP contribution in [0.25, 0.3) is 0 Å². The number of piperidine rings is 1. The third-order valence-electron chi connectivity index (χ3n) is 7.55. The van der Waals surface area contributed by atoms with E-state index < -0.39 is 0 Å². The largest absolute Gasteiger partial charge is 0.495 e. The molecule has 5 heteroatoms. The van der Waals surface area contributed by atoms with E-state index in [1.165, 1.54) is 41.6 Å². The van der Waals surface area contributed by atoms with Crippen molar-refractivity contribution in [3.8, 4) is 17.2 Å². The molecule has 0 radical (unpaired) electrons. The van der Waals surface area contributed by atoms with E-state index in [1.807, 2.05) is 36.4 Å². The predicted octanol–water partition coefficient (Wildman–Crippen LogP) is 7.17. The SMILES string of the molecule is COc1cc(N2CCN3C(CCC[C@@H]3c3ccc(Oc4ccccc4)c(C)c3C)C2)ccc1Cl. The molecule has 0 spiro atoms. The molecular weight excluding hydrogens is 444 g/mol. The van der Waals surface area contributed by atoms with E-state index in [2.05, 4.69) is 47.9 Å². The fourth-order valence-electron chi connectivity index (χ4n) is 5.57. The highest BCUT2D eigenvalue weighted by atomic mass is 35.5. The Labute approximate surface area is 208 Å². The van der Waals surface area contributed by atoms with Crippen LogP contribution in [-0.2, 0) is 0 Å². The van der Waals surface area contributed by atoms with Gasteiger partial charge in [-0.2, -0.15) is 0 Å². The molecule has 3 aromatic rings. The predicted molar refractivity (Wildman–Crippen MR) is 140 cm³/mol. The Kier molecular flexibility index (Phi) is 6.71. The van der Waals surface area contributed by atoms with Crippen LogP contribution in [0.15, 0.2) is 60.7 Å². The summed E-state index contributed by atoms with van der Waals surface area (Å²) >= 11 is 6.26. The van der Waals surface area contributed by atoms with Gasteiger partial charge in [0.1, 0.15) is 17.2 Å². The first-order valence-corrected chi connectivity index (χ1v) is 12.6. The van der Waals surface area contributed by atoms with Gasteiger partial charge in [-0.25, -0.2) is 0 Å². The van der Waals surface area contributed by atoms with Crippen LogP contribution < -0.4 is 14.4 Å².